The number of aromatic amines is 1. The van der Waals surface area contributed by atoms with Crippen molar-refractivity contribution in [2.45, 2.75) is 0 Å². The molecule has 1 aliphatic heterocycles. The predicted molar refractivity (Wildman–Crippen MR) is 76.4 cm³/mol. The number of nitrogens with one attached hydrogen (secondary N) is 2. The van der Waals surface area contributed by atoms with Gasteiger partial charge < -0.3 is 10.3 Å². The van der Waals surface area contributed by atoms with Crippen molar-refractivity contribution in [3.63, 3.8) is 0 Å². The number of hydrogen-bond donors (Lipinski definition) is 2. The topological polar surface area (TPSA) is 88.5 Å². The number of fused-ring (bicyclic) bond motifs is 1. The summed E-state index contributed by atoms with van der Waals surface area (Å²) in [6, 6.07) is 9.32. The lowest BCUT2D eigenvalue weighted by Crippen LogP contribution is -2.03. The smallest absolute Gasteiger partial charge is 0.256 e. The Hall–Kier alpha value is -3.22. The van der Waals surface area contributed by atoms with Gasteiger partial charge in [-0.25, -0.2) is 0 Å². The first kappa shape index (κ1) is 11.6. The predicted octanol–water partition coefficient (Wildman–Crippen LogP) is 1.48. The molecule has 1 aromatic carbocycles. The Morgan fingerprint density at radius 2 is 2.19 bits per heavy atom. The van der Waals surface area contributed by atoms with E-state index in [1.165, 1.54) is 11.1 Å². The van der Waals surface area contributed by atoms with Crippen molar-refractivity contribution >= 4 is 23.2 Å². The van der Waals surface area contributed by atoms with Crippen LogP contribution < -0.4 is 5.32 Å². The van der Waals surface area contributed by atoms with Gasteiger partial charge in [-0.3, -0.25) is 4.79 Å². The highest BCUT2D eigenvalue weighted by Crippen LogP contribution is 2.34. The summed E-state index contributed by atoms with van der Waals surface area (Å²) in [7, 11) is 0. The number of carbonyl (C=O) groups excluding carboxylic acids is 1. The molecule has 3 heterocycles. The Kier molecular flexibility index (Phi) is 2.43. The van der Waals surface area contributed by atoms with Gasteiger partial charge in [-0.1, -0.05) is 0 Å². The van der Waals surface area contributed by atoms with Crippen LogP contribution in [0.1, 0.15) is 11.3 Å². The number of nitrogens with zero attached hydrogens (tertiary/aromatic N) is 4. The van der Waals surface area contributed by atoms with E-state index < -0.39 is 0 Å². The SMILES string of the molecule is O=C1Nc2ccc(-n3ncnn3)cc2/C1=C/c1ccc[nH]1. The summed E-state index contributed by atoms with van der Waals surface area (Å²) in [4.78, 5) is 16.6. The molecule has 7 nitrogen and oxygen atoms in total. The van der Waals surface area contributed by atoms with Crippen LogP contribution in [0.4, 0.5) is 5.69 Å². The fraction of sp³-hybridized carbons (Fsp3) is 0. The molecule has 0 radical (unpaired) electrons. The lowest BCUT2D eigenvalue weighted by Gasteiger charge is -2.02. The van der Waals surface area contributed by atoms with Gasteiger partial charge in [0.05, 0.1) is 11.3 Å². The minimum Gasteiger partial charge on any atom is -0.362 e. The van der Waals surface area contributed by atoms with Gasteiger partial charge in [0.25, 0.3) is 5.91 Å². The average Bonchev–Trinajstić information content (AvgIpc) is 3.22. The maximum Gasteiger partial charge on any atom is 0.256 e. The Morgan fingerprint density at radius 1 is 1.24 bits per heavy atom. The fourth-order valence-electron chi connectivity index (χ4n) is 2.32. The fourth-order valence-corrected chi connectivity index (χ4v) is 2.32. The number of amides is 1. The number of carbonyl (C=O) groups is 1. The Labute approximate surface area is 119 Å². The van der Waals surface area contributed by atoms with Crippen LogP contribution in [0.2, 0.25) is 0 Å². The summed E-state index contributed by atoms with van der Waals surface area (Å²) in [5, 5.41) is 14.4. The first-order valence-electron chi connectivity index (χ1n) is 6.35. The van der Waals surface area contributed by atoms with E-state index >= 15 is 0 Å². The third-order valence-corrected chi connectivity index (χ3v) is 3.29. The quantitative estimate of drug-likeness (QED) is 0.695. The van der Waals surface area contributed by atoms with E-state index in [0.717, 1.165) is 22.6 Å². The molecule has 0 aliphatic carbocycles. The summed E-state index contributed by atoms with van der Waals surface area (Å²) < 4.78 is 0. The van der Waals surface area contributed by atoms with Crippen molar-refractivity contribution in [1.82, 2.24) is 25.2 Å². The Morgan fingerprint density at radius 3 is 2.95 bits per heavy atom. The van der Waals surface area contributed by atoms with Gasteiger partial charge in [-0.15, -0.1) is 15.0 Å². The molecule has 0 atom stereocenters. The molecule has 3 aromatic rings. The van der Waals surface area contributed by atoms with Gasteiger partial charge in [0.2, 0.25) is 0 Å². The van der Waals surface area contributed by atoms with Crippen LogP contribution in [-0.2, 0) is 4.79 Å². The summed E-state index contributed by atoms with van der Waals surface area (Å²) in [5.41, 5.74) is 3.83. The molecule has 1 amide bonds. The average molecular weight is 278 g/mol. The van der Waals surface area contributed by atoms with E-state index in [2.05, 4.69) is 25.7 Å². The van der Waals surface area contributed by atoms with Crippen molar-refractivity contribution in [2.75, 3.05) is 5.32 Å². The molecule has 0 saturated carbocycles. The van der Waals surface area contributed by atoms with Gasteiger partial charge >= 0.3 is 0 Å². The first-order chi connectivity index (χ1) is 10.3. The monoisotopic (exact) mass is 278 g/mol. The van der Waals surface area contributed by atoms with Crippen molar-refractivity contribution in [3.05, 3.63) is 54.1 Å². The molecule has 0 spiro atoms. The Bertz CT molecular complexity index is 832. The minimum absolute atomic E-state index is 0.122. The van der Waals surface area contributed by atoms with Crippen molar-refractivity contribution in [2.24, 2.45) is 0 Å². The maximum absolute atomic E-state index is 12.1. The van der Waals surface area contributed by atoms with E-state index in [4.69, 9.17) is 0 Å². The number of rotatable bonds is 2. The van der Waals surface area contributed by atoms with Crippen molar-refractivity contribution in [1.29, 1.82) is 0 Å². The van der Waals surface area contributed by atoms with Crippen LogP contribution in [-0.4, -0.2) is 31.1 Å². The second-order valence-electron chi connectivity index (χ2n) is 4.59. The molecule has 0 unspecified atom stereocenters. The standard InChI is InChI=1S/C14H10N6O/c21-14-12(6-9-2-1-5-15-9)11-7-10(3-4-13(11)18-14)20-17-8-16-19-20/h1-8,15H,(H,18,21)/b12-6-. The third kappa shape index (κ3) is 1.91. The second kappa shape index (κ2) is 4.41. The van der Waals surface area contributed by atoms with Gasteiger partial charge in [-0.2, -0.15) is 0 Å². The number of hydrogen-bond acceptors (Lipinski definition) is 4. The van der Waals surface area contributed by atoms with E-state index in [-0.39, 0.29) is 5.91 Å². The molecule has 102 valence electrons. The molecule has 2 aromatic heterocycles. The van der Waals surface area contributed by atoms with Gasteiger partial charge in [-0.05, 0) is 41.6 Å². The highest BCUT2D eigenvalue weighted by Gasteiger charge is 2.24. The summed E-state index contributed by atoms with van der Waals surface area (Å²) >= 11 is 0. The zero-order chi connectivity index (χ0) is 14.2. The molecule has 1 aliphatic rings. The summed E-state index contributed by atoms with van der Waals surface area (Å²) in [6.07, 6.45) is 5.00. The van der Waals surface area contributed by atoms with Crippen LogP contribution in [0.5, 0.6) is 0 Å². The van der Waals surface area contributed by atoms with E-state index in [0.29, 0.717) is 5.57 Å². The molecule has 21 heavy (non-hydrogen) atoms. The second-order valence-corrected chi connectivity index (χ2v) is 4.59. The third-order valence-electron chi connectivity index (χ3n) is 3.29. The number of tetrazole rings is 1. The molecule has 7 heteroatoms. The molecular weight excluding hydrogens is 268 g/mol. The highest BCUT2D eigenvalue weighted by atomic mass is 16.2. The van der Waals surface area contributed by atoms with Crippen LogP contribution in [0, 0.1) is 0 Å². The molecule has 0 saturated heterocycles. The molecule has 2 N–H and O–H groups in total. The van der Waals surface area contributed by atoms with Gasteiger partial charge in [0.1, 0.15) is 0 Å². The number of H-pyrrole nitrogens is 1. The van der Waals surface area contributed by atoms with E-state index in [1.54, 1.807) is 0 Å². The van der Waals surface area contributed by atoms with Crippen LogP contribution >= 0.6 is 0 Å². The van der Waals surface area contributed by atoms with Crippen LogP contribution in [0.15, 0.2) is 42.9 Å². The zero-order valence-electron chi connectivity index (χ0n) is 10.8. The summed E-state index contributed by atoms with van der Waals surface area (Å²) in [6.45, 7) is 0. The summed E-state index contributed by atoms with van der Waals surface area (Å²) in [5.74, 6) is -0.122. The van der Waals surface area contributed by atoms with Gasteiger partial charge in [0.15, 0.2) is 6.33 Å². The highest BCUT2D eigenvalue weighted by molar-refractivity contribution is 6.34. The van der Waals surface area contributed by atoms with Gasteiger partial charge in [0, 0.05) is 23.1 Å². The molecule has 4 rings (SSSR count). The zero-order valence-corrected chi connectivity index (χ0v) is 10.8. The lowest BCUT2D eigenvalue weighted by atomic mass is 10.1. The lowest BCUT2D eigenvalue weighted by molar-refractivity contribution is -0.110. The van der Waals surface area contributed by atoms with E-state index in [1.807, 2.05) is 42.6 Å². The van der Waals surface area contributed by atoms with Crippen LogP contribution in [0.3, 0.4) is 0 Å². The number of anilines is 1. The van der Waals surface area contributed by atoms with Crippen LogP contribution in [0.25, 0.3) is 17.3 Å². The normalized spacial score (nSPS) is 15.2. The van der Waals surface area contributed by atoms with Crippen molar-refractivity contribution in [3.8, 4) is 5.69 Å². The molecular formula is C14H10N6O. The Balaban J connectivity index is 1.84. The first-order valence-corrected chi connectivity index (χ1v) is 6.35. The van der Waals surface area contributed by atoms with Crippen molar-refractivity contribution < 1.29 is 4.79 Å². The number of aromatic nitrogens is 5. The molecule has 0 bridgehead atoms. The number of benzene rings is 1. The maximum atomic E-state index is 12.1. The van der Waals surface area contributed by atoms with E-state index in [9.17, 15) is 4.79 Å². The largest absolute Gasteiger partial charge is 0.362 e. The minimum atomic E-state index is -0.122. The molecule has 0 fully saturated rings.